The van der Waals surface area contributed by atoms with Crippen molar-refractivity contribution in [2.75, 3.05) is 0 Å². The quantitative estimate of drug-likeness (QED) is 0.786. The third-order valence-corrected chi connectivity index (χ3v) is 3.31. The van der Waals surface area contributed by atoms with Crippen molar-refractivity contribution in [2.45, 2.75) is 40.3 Å². The fraction of sp³-hybridized carbons (Fsp3) is 0.583. The number of aryl methyl sites for hydroxylation is 1. The second-order valence-corrected chi connectivity index (χ2v) is 6.38. The number of carbonyl (C=O) groups excluding carboxylic acids is 1. The molecule has 1 heterocycles. The van der Waals surface area contributed by atoms with Gasteiger partial charge in [-0.25, -0.2) is 14.6 Å². The van der Waals surface area contributed by atoms with Gasteiger partial charge in [-0.05, 0) is 12.3 Å². The van der Waals surface area contributed by atoms with E-state index in [2.05, 4.69) is 15.6 Å². The van der Waals surface area contributed by atoms with Crippen LogP contribution >= 0.6 is 11.3 Å². The molecule has 19 heavy (non-hydrogen) atoms. The average Bonchev–Trinajstić information content (AvgIpc) is 2.67. The standard InChI is InChI=1S/C12H19N3O3S/c1-7-14-8(6-19-7)5-13-11(18)15-9(10(16)17)12(2,3)4/h6,9H,5H2,1-4H3,(H,16,17)(H2,13,15,18). The van der Waals surface area contributed by atoms with Crippen LogP contribution in [0, 0.1) is 12.3 Å². The van der Waals surface area contributed by atoms with Crippen LogP contribution < -0.4 is 10.6 Å². The summed E-state index contributed by atoms with van der Waals surface area (Å²) in [7, 11) is 0. The summed E-state index contributed by atoms with van der Waals surface area (Å²) in [5.74, 6) is -1.05. The van der Waals surface area contributed by atoms with Crippen LogP contribution in [0.2, 0.25) is 0 Å². The van der Waals surface area contributed by atoms with Gasteiger partial charge in [0.05, 0.1) is 17.2 Å². The van der Waals surface area contributed by atoms with E-state index in [1.807, 2.05) is 12.3 Å². The third kappa shape index (κ3) is 4.86. The Bertz CT molecular complexity index is 465. The number of hydrogen-bond acceptors (Lipinski definition) is 4. The molecule has 0 aliphatic heterocycles. The Kier molecular flexibility index (Phi) is 4.88. The van der Waals surface area contributed by atoms with E-state index in [9.17, 15) is 9.59 Å². The van der Waals surface area contributed by atoms with Gasteiger partial charge in [0.1, 0.15) is 6.04 Å². The van der Waals surface area contributed by atoms with Crippen molar-refractivity contribution in [3.8, 4) is 0 Å². The summed E-state index contributed by atoms with van der Waals surface area (Å²) >= 11 is 1.50. The first kappa shape index (κ1) is 15.4. The van der Waals surface area contributed by atoms with Gasteiger partial charge in [0.15, 0.2) is 0 Å². The van der Waals surface area contributed by atoms with Gasteiger partial charge in [0, 0.05) is 5.38 Å². The van der Waals surface area contributed by atoms with Crippen LogP contribution in [0.4, 0.5) is 4.79 Å². The lowest BCUT2D eigenvalue weighted by atomic mass is 9.87. The fourth-order valence-corrected chi connectivity index (χ4v) is 2.10. The molecule has 0 bridgehead atoms. The second kappa shape index (κ2) is 6.01. The van der Waals surface area contributed by atoms with E-state index in [0.717, 1.165) is 10.7 Å². The number of thiazole rings is 1. The number of hydrogen-bond donors (Lipinski definition) is 3. The highest BCUT2D eigenvalue weighted by molar-refractivity contribution is 7.09. The zero-order valence-electron chi connectivity index (χ0n) is 11.5. The summed E-state index contributed by atoms with van der Waals surface area (Å²) in [6.45, 7) is 7.45. The molecule has 0 spiro atoms. The van der Waals surface area contributed by atoms with Crippen molar-refractivity contribution in [3.05, 3.63) is 16.1 Å². The molecule has 1 atom stereocenters. The Labute approximate surface area is 116 Å². The maximum absolute atomic E-state index is 11.7. The summed E-state index contributed by atoms with van der Waals surface area (Å²) in [5, 5.41) is 16.9. The van der Waals surface area contributed by atoms with E-state index >= 15 is 0 Å². The maximum atomic E-state index is 11.7. The summed E-state index contributed by atoms with van der Waals surface area (Å²) in [5.41, 5.74) is 0.209. The molecule has 0 aliphatic rings. The van der Waals surface area contributed by atoms with Gasteiger partial charge >= 0.3 is 12.0 Å². The number of carboxylic acid groups (broad SMARTS) is 1. The lowest BCUT2D eigenvalue weighted by Crippen LogP contribution is -2.52. The first-order chi connectivity index (χ1) is 8.70. The Morgan fingerprint density at radius 3 is 2.53 bits per heavy atom. The average molecular weight is 285 g/mol. The topological polar surface area (TPSA) is 91.3 Å². The largest absolute Gasteiger partial charge is 0.480 e. The van der Waals surface area contributed by atoms with Crippen LogP contribution in [0.3, 0.4) is 0 Å². The number of carboxylic acids is 1. The molecule has 1 aromatic rings. The number of aliphatic carboxylic acids is 1. The number of urea groups is 1. The number of nitrogens with zero attached hydrogens (tertiary/aromatic N) is 1. The number of nitrogens with one attached hydrogen (secondary N) is 2. The summed E-state index contributed by atoms with van der Waals surface area (Å²) < 4.78 is 0. The van der Waals surface area contributed by atoms with E-state index in [0.29, 0.717) is 0 Å². The van der Waals surface area contributed by atoms with Crippen molar-refractivity contribution >= 4 is 23.3 Å². The van der Waals surface area contributed by atoms with E-state index in [1.165, 1.54) is 11.3 Å². The molecule has 3 N–H and O–H groups in total. The van der Waals surface area contributed by atoms with Crippen molar-refractivity contribution < 1.29 is 14.7 Å². The number of carbonyl (C=O) groups is 2. The van der Waals surface area contributed by atoms with Gasteiger partial charge in [0.25, 0.3) is 0 Å². The molecule has 2 amide bonds. The van der Waals surface area contributed by atoms with Crippen LogP contribution in [0.25, 0.3) is 0 Å². The zero-order chi connectivity index (χ0) is 14.6. The summed E-state index contributed by atoms with van der Waals surface area (Å²) in [6.07, 6.45) is 0. The van der Waals surface area contributed by atoms with Crippen molar-refractivity contribution in [2.24, 2.45) is 5.41 Å². The molecule has 0 aliphatic carbocycles. The van der Waals surface area contributed by atoms with Gasteiger partial charge in [-0.2, -0.15) is 0 Å². The second-order valence-electron chi connectivity index (χ2n) is 5.32. The Hall–Kier alpha value is -1.63. The van der Waals surface area contributed by atoms with Gasteiger partial charge in [-0.3, -0.25) is 0 Å². The first-order valence-electron chi connectivity index (χ1n) is 5.88. The van der Waals surface area contributed by atoms with Crippen LogP contribution in [0.5, 0.6) is 0 Å². The molecule has 0 fully saturated rings. The van der Waals surface area contributed by atoms with Crippen molar-refractivity contribution in [3.63, 3.8) is 0 Å². The van der Waals surface area contributed by atoms with Crippen molar-refractivity contribution in [1.82, 2.24) is 15.6 Å². The van der Waals surface area contributed by atoms with E-state index in [1.54, 1.807) is 20.8 Å². The number of amides is 2. The molecule has 106 valence electrons. The van der Waals surface area contributed by atoms with E-state index in [4.69, 9.17) is 5.11 Å². The van der Waals surface area contributed by atoms with Crippen LogP contribution in [0.15, 0.2) is 5.38 Å². The van der Waals surface area contributed by atoms with Gasteiger partial charge in [0.2, 0.25) is 0 Å². The highest BCUT2D eigenvalue weighted by Crippen LogP contribution is 2.19. The highest BCUT2D eigenvalue weighted by Gasteiger charge is 2.32. The monoisotopic (exact) mass is 285 g/mol. The molecule has 1 rings (SSSR count). The van der Waals surface area contributed by atoms with Crippen LogP contribution in [-0.2, 0) is 11.3 Å². The third-order valence-electron chi connectivity index (χ3n) is 2.49. The smallest absolute Gasteiger partial charge is 0.326 e. The molecule has 1 unspecified atom stereocenters. The fourth-order valence-electron chi connectivity index (χ4n) is 1.49. The minimum absolute atomic E-state index is 0.284. The van der Waals surface area contributed by atoms with E-state index in [-0.39, 0.29) is 6.54 Å². The summed E-state index contributed by atoms with van der Waals surface area (Å²) in [6, 6.07) is -1.45. The number of aromatic nitrogens is 1. The number of rotatable bonds is 4. The predicted octanol–water partition coefficient (Wildman–Crippen LogP) is 1.75. The molecule has 7 heteroatoms. The zero-order valence-corrected chi connectivity index (χ0v) is 12.3. The van der Waals surface area contributed by atoms with Crippen molar-refractivity contribution in [1.29, 1.82) is 0 Å². The lowest BCUT2D eigenvalue weighted by Gasteiger charge is -2.27. The normalized spacial score (nSPS) is 12.8. The minimum atomic E-state index is -1.05. The Morgan fingerprint density at radius 1 is 1.47 bits per heavy atom. The van der Waals surface area contributed by atoms with E-state index < -0.39 is 23.5 Å². The van der Waals surface area contributed by atoms with Gasteiger partial charge in [-0.15, -0.1) is 11.3 Å². The molecule has 6 nitrogen and oxygen atoms in total. The highest BCUT2D eigenvalue weighted by atomic mass is 32.1. The predicted molar refractivity (Wildman–Crippen MR) is 73.1 cm³/mol. The molecule has 1 aromatic heterocycles. The Balaban J connectivity index is 2.52. The molecule has 0 aromatic carbocycles. The van der Waals surface area contributed by atoms with Gasteiger partial charge in [-0.1, -0.05) is 20.8 Å². The lowest BCUT2D eigenvalue weighted by molar-refractivity contribution is -0.141. The molecule has 0 saturated carbocycles. The molecular formula is C12H19N3O3S. The van der Waals surface area contributed by atoms with Crippen LogP contribution in [-0.4, -0.2) is 28.1 Å². The molecule has 0 radical (unpaired) electrons. The SMILES string of the molecule is Cc1nc(CNC(=O)NC(C(=O)O)C(C)(C)C)cs1. The van der Waals surface area contributed by atoms with Gasteiger partial charge < -0.3 is 15.7 Å². The Morgan fingerprint density at radius 2 is 2.11 bits per heavy atom. The van der Waals surface area contributed by atoms with Crippen LogP contribution in [0.1, 0.15) is 31.5 Å². The summed E-state index contributed by atoms with van der Waals surface area (Å²) in [4.78, 5) is 27.0. The first-order valence-corrected chi connectivity index (χ1v) is 6.76. The minimum Gasteiger partial charge on any atom is -0.480 e. The maximum Gasteiger partial charge on any atom is 0.326 e. The molecular weight excluding hydrogens is 266 g/mol. The molecule has 0 saturated heterocycles.